The molecule has 20 heavy (non-hydrogen) atoms. The summed E-state index contributed by atoms with van der Waals surface area (Å²) in [5, 5.41) is 1.85. The number of amides is 2. The van der Waals surface area contributed by atoms with Crippen LogP contribution in [0.3, 0.4) is 0 Å². The highest BCUT2D eigenvalue weighted by molar-refractivity contribution is 8.18. The van der Waals surface area contributed by atoms with Crippen molar-refractivity contribution in [1.29, 1.82) is 0 Å². The molecular weight excluding hydrogens is 278 g/mol. The molecule has 2 aliphatic heterocycles. The second kappa shape index (κ2) is 5.22. The molecule has 0 aromatic carbocycles. The van der Waals surface area contributed by atoms with Gasteiger partial charge in [0.15, 0.2) is 0 Å². The number of nitrogens with zero attached hydrogens (tertiary/aromatic N) is 3. The standard InChI is InChI=1S/C12H13N5O2S/c13-7-2-4-17(6-7)11-14-3-1-8(15-11)5-9-10(18)16-12(19)20-9/h1,3,5,7H,2,4,6,13H2,(H,16,18,19). The van der Waals surface area contributed by atoms with Crippen LogP contribution < -0.4 is 16.0 Å². The van der Waals surface area contributed by atoms with Crippen LogP contribution in [0.25, 0.3) is 6.08 Å². The van der Waals surface area contributed by atoms with E-state index in [0.717, 1.165) is 31.3 Å². The van der Waals surface area contributed by atoms with Crippen molar-refractivity contribution >= 4 is 34.9 Å². The Bertz CT molecular complexity index is 603. The fourth-order valence-electron chi connectivity index (χ4n) is 2.12. The summed E-state index contributed by atoms with van der Waals surface area (Å²) in [6, 6.07) is 1.85. The average molecular weight is 291 g/mol. The molecule has 0 bridgehead atoms. The molecule has 2 amide bonds. The van der Waals surface area contributed by atoms with E-state index < -0.39 is 0 Å². The van der Waals surface area contributed by atoms with Crippen molar-refractivity contribution in [1.82, 2.24) is 15.3 Å². The van der Waals surface area contributed by atoms with E-state index in [0.29, 0.717) is 16.5 Å². The molecule has 0 aliphatic carbocycles. The van der Waals surface area contributed by atoms with E-state index in [1.165, 1.54) is 0 Å². The Morgan fingerprint density at radius 3 is 3.00 bits per heavy atom. The first-order chi connectivity index (χ1) is 9.61. The van der Waals surface area contributed by atoms with Gasteiger partial charge in [0.25, 0.3) is 11.1 Å². The molecule has 2 saturated heterocycles. The van der Waals surface area contributed by atoms with Crippen molar-refractivity contribution in [2.45, 2.75) is 12.5 Å². The van der Waals surface area contributed by atoms with Crippen LogP contribution in [0.5, 0.6) is 0 Å². The minimum Gasteiger partial charge on any atom is -0.339 e. The van der Waals surface area contributed by atoms with E-state index in [1.54, 1.807) is 18.3 Å². The summed E-state index contributed by atoms with van der Waals surface area (Å²) in [4.78, 5) is 33.6. The molecular formula is C12H13N5O2S. The first-order valence-electron chi connectivity index (χ1n) is 6.20. The molecule has 3 N–H and O–H groups in total. The number of hydrogen-bond acceptors (Lipinski definition) is 7. The normalized spacial score (nSPS) is 24.6. The summed E-state index contributed by atoms with van der Waals surface area (Å²) in [7, 11) is 0. The van der Waals surface area contributed by atoms with Gasteiger partial charge in [0, 0.05) is 25.3 Å². The summed E-state index contributed by atoms with van der Waals surface area (Å²) >= 11 is 0.875. The van der Waals surface area contributed by atoms with Gasteiger partial charge in [0.05, 0.1) is 10.6 Å². The third kappa shape index (κ3) is 2.66. The van der Waals surface area contributed by atoms with Crippen molar-refractivity contribution in [2.75, 3.05) is 18.0 Å². The van der Waals surface area contributed by atoms with E-state index in [9.17, 15) is 9.59 Å². The predicted molar refractivity (Wildman–Crippen MR) is 75.9 cm³/mol. The summed E-state index contributed by atoms with van der Waals surface area (Å²) in [6.45, 7) is 1.56. The van der Waals surface area contributed by atoms with Crippen LogP contribution in [0.1, 0.15) is 12.1 Å². The minimum atomic E-state index is -0.386. The van der Waals surface area contributed by atoms with E-state index in [4.69, 9.17) is 5.73 Å². The summed E-state index contributed by atoms with van der Waals surface area (Å²) in [5.74, 6) is 0.213. The number of imide groups is 1. The van der Waals surface area contributed by atoms with Crippen LogP contribution in [-0.4, -0.2) is 40.2 Å². The molecule has 2 aliphatic rings. The van der Waals surface area contributed by atoms with Gasteiger partial charge in [-0.25, -0.2) is 9.97 Å². The van der Waals surface area contributed by atoms with E-state index >= 15 is 0 Å². The summed E-state index contributed by atoms with van der Waals surface area (Å²) in [6.07, 6.45) is 4.14. The molecule has 1 aromatic rings. The predicted octanol–water partition coefficient (Wildman–Crippen LogP) is 0.338. The lowest BCUT2D eigenvalue weighted by atomic mass is 10.3. The quantitative estimate of drug-likeness (QED) is 0.757. The number of carbonyl (C=O) groups is 2. The fraction of sp³-hybridized carbons (Fsp3) is 0.333. The molecule has 1 aromatic heterocycles. The van der Waals surface area contributed by atoms with E-state index in [1.807, 2.05) is 4.90 Å². The van der Waals surface area contributed by atoms with Gasteiger partial charge in [0.2, 0.25) is 5.95 Å². The molecule has 0 saturated carbocycles. The molecule has 8 heteroatoms. The highest BCUT2D eigenvalue weighted by Gasteiger charge is 2.25. The lowest BCUT2D eigenvalue weighted by molar-refractivity contribution is -0.115. The maximum atomic E-state index is 11.5. The maximum absolute atomic E-state index is 11.5. The number of nitrogens with two attached hydrogens (primary N) is 1. The highest BCUT2D eigenvalue weighted by atomic mass is 32.2. The van der Waals surface area contributed by atoms with Crippen LogP contribution in [-0.2, 0) is 4.79 Å². The Balaban J connectivity index is 1.83. The first-order valence-corrected chi connectivity index (χ1v) is 7.02. The molecule has 0 radical (unpaired) electrons. The number of hydrogen-bond donors (Lipinski definition) is 2. The Hall–Kier alpha value is -1.93. The zero-order valence-corrected chi connectivity index (χ0v) is 11.4. The number of rotatable bonds is 2. The molecule has 3 rings (SSSR count). The third-order valence-electron chi connectivity index (χ3n) is 3.09. The van der Waals surface area contributed by atoms with Crippen LogP contribution in [0.2, 0.25) is 0 Å². The van der Waals surface area contributed by atoms with E-state index in [2.05, 4.69) is 15.3 Å². The van der Waals surface area contributed by atoms with Crippen molar-refractivity contribution in [3.63, 3.8) is 0 Å². The lowest BCUT2D eigenvalue weighted by Gasteiger charge is -2.15. The van der Waals surface area contributed by atoms with Crippen molar-refractivity contribution in [3.05, 3.63) is 22.9 Å². The number of anilines is 1. The molecule has 7 nitrogen and oxygen atoms in total. The van der Waals surface area contributed by atoms with Crippen molar-refractivity contribution in [2.24, 2.45) is 5.73 Å². The van der Waals surface area contributed by atoms with Crippen LogP contribution >= 0.6 is 11.8 Å². The van der Waals surface area contributed by atoms with Crippen LogP contribution in [0.4, 0.5) is 10.7 Å². The van der Waals surface area contributed by atoms with Gasteiger partial charge in [-0.1, -0.05) is 0 Å². The monoisotopic (exact) mass is 291 g/mol. The van der Waals surface area contributed by atoms with Gasteiger partial charge in [-0.05, 0) is 30.3 Å². The Morgan fingerprint density at radius 1 is 1.50 bits per heavy atom. The molecule has 1 atom stereocenters. The number of thioether (sulfide) groups is 1. The zero-order chi connectivity index (χ0) is 14.1. The second-order valence-corrected chi connectivity index (χ2v) is 5.64. The lowest BCUT2D eigenvalue weighted by Crippen LogP contribution is -2.27. The van der Waals surface area contributed by atoms with Crippen LogP contribution in [0.15, 0.2) is 17.2 Å². The van der Waals surface area contributed by atoms with Gasteiger partial charge in [-0.15, -0.1) is 0 Å². The Labute approximate surface area is 119 Å². The van der Waals surface area contributed by atoms with Gasteiger partial charge in [-0.3, -0.25) is 14.9 Å². The highest BCUT2D eigenvalue weighted by Crippen LogP contribution is 2.25. The zero-order valence-electron chi connectivity index (χ0n) is 10.6. The smallest absolute Gasteiger partial charge is 0.290 e. The number of nitrogens with one attached hydrogen (secondary N) is 1. The van der Waals surface area contributed by atoms with Crippen LogP contribution in [0, 0.1) is 0 Å². The van der Waals surface area contributed by atoms with Gasteiger partial charge in [0.1, 0.15) is 0 Å². The molecule has 104 valence electrons. The number of aromatic nitrogens is 2. The summed E-state index contributed by atoms with van der Waals surface area (Å²) < 4.78 is 0. The molecule has 0 spiro atoms. The fourth-order valence-corrected chi connectivity index (χ4v) is 2.79. The Kier molecular flexibility index (Phi) is 3.41. The van der Waals surface area contributed by atoms with Crippen molar-refractivity contribution in [3.8, 4) is 0 Å². The van der Waals surface area contributed by atoms with Crippen molar-refractivity contribution < 1.29 is 9.59 Å². The maximum Gasteiger partial charge on any atom is 0.290 e. The first kappa shape index (κ1) is 13.1. The minimum absolute atomic E-state index is 0.148. The van der Waals surface area contributed by atoms with Gasteiger partial charge < -0.3 is 10.6 Å². The SMILES string of the molecule is NC1CCN(c2nccc(C=C3SC(=O)NC3=O)n2)C1. The largest absolute Gasteiger partial charge is 0.339 e. The van der Waals surface area contributed by atoms with Gasteiger partial charge in [-0.2, -0.15) is 0 Å². The van der Waals surface area contributed by atoms with E-state index in [-0.39, 0.29) is 17.2 Å². The third-order valence-corrected chi connectivity index (χ3v) is 3.90. The molecule has 2 fully saturated rings. The Morgan fingerprint density at radius 2 is 2.35 bits per heavy atom. The molecule has 3 heterocycles. The topological polar surface area (TPSA) is 101 Å². The summed E-state index contributed by atoms with van der Waals surface area (Å²) in [5.41, 5.74) is 6.46. The van der Waals surface area contributed by atoms with Gasteiger partial charge >= 0.3 is 0 Å². The average Bonchev–Trinajstić information content (AvgIpc) is 2.97. The second-order valence-electron chi connectivity index (χ2n) is 4.63. The molecule has 1 unspecified atom stereocenters. The number of carbonyl (C=O) groups excluding carboxylic acids is 2.